The van der Waals surface area contributed by atoms with Gasteiger partial charge in [-0.25, -0.2) is 8.42 Å². The molecule has 21 heavy (non-hydrogen) atoms. The van der Waals surface area contributed by atoms with Crippen molar-refractivity contribution in [1.29, 1.82) is 0 Å². The van der Waals surface area contributed by atoms with Crippen LogP contribution in [0.15, 0.2) is 35.2 Å². The van der Waals surface area contributed by atoms with Crippen LogP contribution in [0.4, 0.5) is 0 Å². The molecule has 0 heterocycles. The van der Waals surface area contributed by atoms with Crippen molar-refractivity contribution < 1.29 is 8.42 Å². The fourth-order valence-electron chi connectivity index (χ4n) is 2.07. The van der Waals surface area contributed by atoms with Crippen LogP contribution in [0.3, 0.4) is 0 Å². The molecule has 0 radical (unpaired) electrons. The molecule has 0 bridgehead atoms. The fourth-order valence-corrected chi connectivity index (χ4v) is 3.58. The molecule has 0 aliphatic rings. The molecule has 0 amide bonds. The molecular weight excluding hydrogens is 284 g/mol. The molecule has 0 saturated heterocycles. The summed E-state index contributed by atoms with van der Waals surface area (Å²) in [5.74, 6) is 0. The van der Waals surface area contributed by atoms with Gasteiger partial charge in [0.1, 0.15) is 0 Å². The van der Waals surface area contributed by atoms with Gasteiger partial charge in [-0.05, 0) is 44.0 Å². The van der Waals surface area contributed by atoms with Gasteiger partial charge >= 0.3 is 0 Å². The minimum Gasteiger partial charge on any atom is -0.313 e. The molecule has 0 unspecified atom stereocenters. The van der Waals surface area contributed by atoms with Crippen LogP contribution < -0.4 is 5.32 Å². The SMILES string of the molecule is C=C(C)CN(C)S(=O)(=O)c1cc(CNCCC)ccc1C. The van der Waals surface area contributed by atoms with E-state index in [1.807, 2.05) is 26.0 Å². The van der Waals surface area contributed by atoms with Crippen LogP contribution in [0.1, 0.15) is 31.4 Å². The van der Waals surface area contributed by atoms with Crippen molar-refractivity contribution in [1.82, 2.24) is 9.62 Å². The van der Waals surface area contributed by atoms with Gasteiger partial charge in [-0.15, -0.1) is 0 Å². The number of likely N-dealkylation sites (N-methyl/N-ethyl adjacent to an activating group) is 1. The van der Waals surface area contributed by atoms with E-state index in [2.05, 4.69) is 18.8 Å². The zero-order chi connectivity index (χ0) is 16.0. The average molecular weight is 310 g/mol. The van der Waals surface area contributed by atoms with Crippen molar-refractivity contribution >= 4 is 10.0 Å². The molecule has 0 aliphatic heterocycles. The molecule has 0 spiro atoms. The first-order valence-corrected chi connectivity index (χ1v) is 8.64. The first kappa shape index (κ1) is 17.9. The molecule has 0 aromatic heterocycles. The number of benzene rings is 1. The van der Waals surface area contributed by atoms with Crippen LogP contribution in [0, 0.1) is 6.92 Å². The van der Waals surface area contributed by atoms with Crippen LogP contribution in [0.5, 0.6) is 0 Å². The number of aryl methyl sites for hydroxylation is 1. The molecule has 0 fully saturated rings. The van der Waals surface area contributed by atoms with Crippen molar-refractivity contribution in [3.05, 3.63) is 41.5 Å². The van der Waals surface area contributed by atoms with Crippen LogP contribution in [0.2, 0.25) is 0 Å². The van der Waals surface area contributed by atoms with Crippen LogP contribution in [0.25, 0.3) is 0 Å². The lowest BCUT2D eigenvalue weighted by Crippen LogP contribution is -2.29. The van der Waals surface area contributed by atoms with E-state index in [4.69, 9.17) is 0 Å². The van der Waals surface area contributed by atoms with E-state index in [0.717, 1.165) is 29.7 Å². The molecule has 0 aliphatic carbocycles. The second kappa shape index (κ2) is 7.73. The number of hydrogen-bond acceptors (Lipinski definition) is 3. The third kappa shape index (κ3) is 4.95. The Hall–Kier alpha value is -1.17. The summed E-state index contributed by atoms with van der Waals surface area (Å²) < 4.78 is 26.6. The highest BCUT2D eigenvalue weighted by Gasteiger charge is 2.22. The summed E-state index contributed by atoms with van der Waals surface area (Å²) in [5.41, 5.74) is 2.57. The number of sulfonamides is 1. The largest absolute Gasteiger partial charge is 0.313 e. The highest BCUT2D eigenvalue weighted by Crippen LogP contribution is 2.21. The van der Waals surface area contributed by atoms with Gasteiger partial charge in [0.05, 0.1) is 4.90 Å². The van der Waals surface area contributed by atoms with E-state index in [9.17, 15) is 8.42 Å². The average Bonchev–Trinajstić information content (AvgIpc) is 2.40. The Bertz CT molecular complexity index is 594. The Balaban J connectivity index is 3.04. The zero-order valence-electron chi connectivity index (χ0n) is 13.4. The Labute approximate surface area is 128 Å². The second-order valence-electron chi connectivity index (χ2n) is 5.49. The monoisotopic (exact) mass is 310 g/mol. The van der Waals surface area contributed by atoms with E-state index >= 15 is 0 Å². The molecule has 0 saturated carbocycles. The maximum Gasteiger partial charge on any atom is 0.243 e. The molecule has 118 valence electrons. The Morgan fingerprint density at radius 1 is 1.38 bits per heavy atom. The number of hydrogen-bond donors (Lipinski definition) is 1. The molecule has 4 nitrogen and oxygen atoms in total. The summed E-state index contributed by atoms with van der Waals surface area (Å²) in [6, 6.07) is 5.60. The van der Waals surface area contributed by atoms with E-state index in [1.165, 1.54) is 4.31 Å². The summed E-state index contributed by atoms with van der Waals surface area (Å²) >= 11 is 0. The van der Waals surface area contributed by atoms with Crippen molar-refractivity contribution in [2.75, 3.05) is 20.1 Å². The Morgan fingerprint density at radius 2 is 2.05 bits per heavy atom. The van der Waals surface area contributed by atoms with Crippen LogP contribution in [-0.2, 0) is 16.6 Å². The van der Waals surface area contributed by atoms with Gasteiger partial charge in [-0.3, -0.25) is 0 Å². The molecule has 1 N–H and O–H groups in total. The van der Waals surface area contributed by atoms with Gasteiger partial charge in [0.15, 0.2) is 0 Å². The van der Waals surface area contributed by atoms with Crippen molar-refractivity contribution in [3.8, 4) is 0 Å². The predicted molar refractivity (Wildman–Crippen MR) is 87.8 cm³/mol. The number of nitrogens with one attached hydrogen (secondary N) is 1. The van der Waals surface area contributed by atoms with E-state index in [0.29, 0.717) is 18.0 Å². The van der Waals surface area contributed by atoms with E-state index < -0.39 is 10.0 Å². The predicted octanol–water partition coefficient (Wildman–Crippen LogP) is 2.69. The standard InChI is InChI=1S/C16H26N2O2S/c1-6-9-17-11-15-8-7-14(4)16(10-15)21(19,20)18(5)12-13(2)3/h7-8,10,17H,2,6,9,11-12H2,1,3-5H3. The lowest BCUT2D eigenvalue weighted by molar-refractivity contribution is 0.492. The maximum atomic E-state index is 12.6. The minimum atomic E-state index is -3.47. The van der Waals surface area contributed by atoms with Gasteiger partial charge in [0.2, 0.25) is 10.0 Å². The van der Waals surface area contributed by atoms with Crippen molar-refractivity contribution in [3.63, 3.8) is 0 Å². The smallest absolute Gasteiger partial charge is 0.243 e. The summed E-state index contributed by atoms with van der Waals surface area (Å²) in [6.07, 6.45) is 1.05. The van der Waals surface area contributed by atoms with Crippen molar-refractivity contribution in [2.24, 2.45) is 0 Å². The molecule has 0 atom stereocenters. The first-order chi connectivity index (χ1) is 9.78. The fraction of sp³-hybridized carbons (Fsp3) is 0.500. The zero-order valence-corrected chi connectivity index (χ0v) is 14.3. The topological polar surface area (TPSA) is 49.4 Å². The lowest BCUT2D eigenvalue weighted by atomic mass is 10.1. The van der Waals surface area contributed by atoms with Crippen LogP contribution >= 0.6 is 0 Å². The Morgan fingerprint density at radius 3 is 2.62 bits per heavy atom. The second-order valence-corrected chi connectivity index (χ2v) is 7.51. The van der Waals surface area contributed by atoms with E-state index in [-0.39, 0.29) is 0 Å². The summed E-state index contributed by atoms with van der Waals surface area (Å²) in [4.78, 5) is 0.377. The quantitative estimate of drug-likeness (QED) is 0.593. The molecule has 1 aromatic carbocycles. The molecule has 1 aromatic rings. The Kier molecular flexibility index (Phi) is 6.58. The van der Waals surface area contributed by atoms with Crippen LogP contribution in [-0.4, -0.2) is 32.9 Å². The molecule has 5 heteroatoms. The van der Waals surface area contributed by atoms with Gasteiger partial charge < -0.3 is 5.32 Å². The summed E-state index contributed by atoms with van der Waals surface area (Å²) in [5, 5.41) is 3.29. The van der Waals surface area contributed by atoms with Gasteiger partial charge in [0.25, 0.3) is 0 Å². The van der Waals surface area contributed by atoms with Gasteiger partial charge in [-0.1, -0.05) is 31.2 Å². The van der Waals surface area contributed by atoms with Gasteiger partial charge in [-0.2, -0.15) is 4.31 Å². The maximum absolute atomic E-state index is 12.6. The highest BCUT2D eigenvalue weighted by atomic mass is 32.2. The third-order valence-electron chi connectivity index (χ3n) is 3.19. The number of nitrogens with zero attached hydrogens (tertiary/aromatic N) is 1. The minimum absolute atomic E-state index is 0.333. The first-order valence-electron chi connectivity index (χ1n) is 7.20. The summed E-state index contributed by atoms with van der Waals surface area (Å²) in [6.45, 7) is 11.5. The molecular formula is C16H26N2O2S. The van der Waals surface area contributed by atoms with Crippen molar-refractivity contribution in [2.45, 2.75) is 38.6 Å². The third-order valence-corrected chi connectivity index (χ3v) is 5.13. The number of rotatable bonds is 8. The van der Waals surface area contributed by atoms with Gasteiger partial charge in [0, 0.05) is 20.1 Å². The van der Waals surface area contributed by atoms with E-state index in [1.54, 1.807) is 13.1 Å². The molecule has 1 rings (SSSR count). The summed E-state index contributed by atoms with van der Waals surface area (Å²) in [7, 11) is -1.88. The highest BCUT2D eigenvalue weighted by molar-refractivity contribution is 7.89. The normalized spacial score (nSPS) is 11.9. The lowest BCUT2D eigenvalue weighted by Gasteiger charge is -2.19.